The van der Waals surface area contributed by atoms with Crippen LogP contribution in [0.3, 0.4) is 0 Å². The van der Waals surface area contributed by atoms with Crippen LogP contribution in [0.4, 0.5) is 0 Å². The monoisotopic (exact) mass is 518 g/mol. The summed E-state index contributed by atoms with van der Waals surface area (Å²) in [5.74, 6) is 0. The van der Waals surface area contributed by atoms with Gasteiger partial charge in [0.05, 0.1) is 5.69 Å². The number of aryl methyl sites for hydroxylation is 5. The van der Waals surface area contributed by atoms with E-state index in [9.17, 15) is 0 Å². The summed E-state index contributed by atoms with van der Waals surface area (Å²) in [6, 6.07) is 30.5. The van der Waals surface area contributed by atoms with Gasteiger partial charge in [0.25, 0.3) is 0 Å². The number of nitrogens with zero attached hydrogens (tertiary/aromatic N) is 2. The number of para-hydroxylation sites is 1. The van der Waals surface area contributed by atoms with Crippen LogP contribution in [0, 0.1) is 34.6 Å². The molecule has 0 amide bonds. The molecule has 0 N–H and O–H groups in total. The van der Waals surface area contributed by atoms with Gasteiger partial charge in [-0.1, -0.05) is 48.5 Å². The van der Waals surface area contributed by atoms with Crippen molar-refractivity contribution in [2.75, 3.05) is 0 Å². The van der Waals surface area contributed by atoms with Crippen molar-refractivity contribution in [3.05, 3.63) is 119 Å². The molecule has 0 atom stereocenters. The summed E-state index contributed by atoms with van der Waals surface area (Å²) in [4.78, 5) is 9.46. The Labute approximate surface area is 234 Å². The van der Waals surface area contributed by atoms with Crippen LogP contribution in [0.15, 0.2) is 95.5 Å². The zero-order valence-corrected chi connectivity index (χ0v) is 23.5. The number of furan rings is 1. The summed E-state index contributed by atoms with van der Waals surface area (Å²) >= 11 is 0. The van der Waals surface area contributed by atoms with E-state index in [-0.39, 0.29) is 0 Å². The van der Waals surface area contributed by atoms with Crippen molar-refractivity contribution < 1.29 is 4.42 Å². The average Bonchev–Trinajstić information content (AvgIpc) is 3.31. The molecule has 3 heterocycles. The van der Waals surface area contributed by atoms with Crippen LogP contribution in [0.2, 0.25) is 0 Å². The standard InChI is InChI=1S/C37H30N2O/c1-21-8-6-9-22(2)35(21)27-14-13-26-18-32(23(3)16-28(26)17-27)33-19-34(38-20-24(33)4)31-11-7-10-29-30-15-12-25(5)39-37(30)40-36(29)31/h6-20H,1-5H3. The molecule has 0 saturated heterocycles. The maximum Gasteiger partial charge on any atom is 0.227 e. The van der Waals surface area contributed by atoms with E-state index in [2.05, 4.69) is 112 Å². The van der Waals surface area contributed by atoms with Crippen molar-refractivity contribution in [1.29, 1.82) is 0 Å². The molecule has 0 saturated carbocycles. The second kappa shape index (κ2) is 9.17. The molecule has 0 aliphatic carbocycles. The number of fused-ring (bicyclic) bond motifs is 4. The SMILES string of the molecule is Cc1ccc2c(n1)oc1c(-c3cc(-c4cc5ccc(-c6c(C)cccc6C)cc5cc4C)c(C)cn3)cccc12. The Kier molecular flexibility index (Phi) is 5.57. The molecule has 0 fully saturated rings. The molecule has 194 valence electrons. The summed E-state index contributed by atoms with van der Waals surface area (Å²) < 4.78 is 6.29. The lowest BCUT2D eigenvalue weighted by Gasteiger charge is -2.15. The van der Waals surface area contributed by atoms with E-state index in [1.165, 1.54) is 49.7 Å². The van der Waals surface area contributed by atoms with Gasteiger partial charge in [-0.2, -0.15) is 0 Å². The zero-order valence-electron chi connectivity index (χ0n) is 23.5. The van der Waals surface area contributed by atoms with Crippen LogP contribution in [-0.2, 0) is 0 Å². The molecule has 40 heavy (non-hydrogen) atoms. The van der Waals surface area contributed by atoms with Gasteiger partial charge >= 0.3 is 0 Å². The molecule has 0 aliphatic heterocycles. The quantitative estimate of drug-likeness (QED) is 0.234. The Bertz CT molecular complexity index is 2100. The fourth-order valence-electron chi connectivity index (χ4n) is 6.06. The normalized spacial score (nSPS) is 11.6. The second-order valence-corrected chi connectivity index (χ2v) is 11.0. The van der Waals surface area contributed by atoms with Crippen molar-refractivity contribution in [1.82, 2.24) is 9.97 Å². The summed E-state index contributed by atoms with van der Waals surface area (Å²) in [5, 5.41) is 4.57. The molecule has 0 unspecified atom stereocenters. The van der Waals surface area contributed by atoms with Crippen molar-refractivity contribution >= 4 is 32.8 Å². The van der Waals surface area contributed by atoms with Crippen LogP contribution in [0.5, 0.6) is 0 Å². The Hall–Kier alpha value is -4.76. The smallest absolute Gasteiger partial charge is 0.227 e. The van der Waals surface area contributed by atoms with Crippen LogP contribution in [-0.4, -0.2) is 9.97 Å². The largest absolute Gasteiger partial charge is 0.437 e. The molecule has 0 radical (unpaired) electrons. The van der Waals surface area contributed by atoms with Crippen molar-refractivity contribution in [2.45, 2.75) is 34.6 Å². The molecule has 0 bridgehead atoms. The summed E-state index contributed by atoms with van der Waals surface area (Å²) in [5.41, 5.74) is 14.3. The van der Waals surface area contributed by atoms with Crippen LogP contribution < -0.4 is 0 Å². The molecule has 3 heteroatoms. The lowest BCUT2D eigenvalue weighted by molar-refractivity contribution is 0.653. The van der Waals surface area contributed by atoms with E-state index in [0.717, 1.165) is 38.9 Å². The first-order valence-corrected chi connectivity index (χ1v) is 13.7. The van der Waals surface area contributed by atoms with E-state index in [1.54, 1.807) is 0 Å². The average molecular weight is 519 g/mol. The number of aromatic nitrogens is 2. The Morgan fingerprint density at radius 1 is 0.575 bits per heavy atom. The molecule has 0 spiro atoms. The highest BCUT2D eigenvalue weighted by molar-refractivity contribution is 6.08. The number of benzene rings is 4. The first kappa shape index (κ1) is 24.3. The minimum absolute atomic E-state index is 0.667. The van der Waals surface area contributed by atoms with E-state index in [4.69, 9.17) is 9.40 Å². The first-order valence-electron chi connectivity index (χ1n) is 13.7. The van der Waals surface area contributed by atoms with Gasteiger partial charge in [-0.3, -0.25) is 4.98 Å². The van der Waals surface area contributed by atoms with E-state index >= 15 is 0 Å². The third-order valence-electron chi connectivity index (χ3n) is 8.13. The lowest BCUT2D eigenvalue weighted by Crippen LogP contribution is -1.93. The van der Waals surface area contributed by atoms with Crippen LogP contribution in [0.25, 0.3) is 66.4 Å². The first-order chi connectivity index (χ1) is 19.4. The fraction of sp³-hybridized carbons (Fsp3) is 0.135. The predicted molar refractivity (Wildman–Crippen MR) is 167 cm³/mol. The maximum absolute atomic E-state index is 6.29. The Morgan fingerprint density at radius 2 is 1.35 bits per heavy atom. The highest BCUT2D eigenvalue weighted by Crippen LogP contribution is 2.38. The van der Waals surface area contributed by atoms with Crippen LogP contribution in [0.1, 0.15) is 27.9 Å². The molecular weight excluding hydrogens is 488 g/mol. The van der Waals surface area contributed by atoms with Gasteiger partial charge in [-0.25, -0.2) is 4.98 Å². The summed E-state index contributed by atoms with van der Waals surface area (Å²) in [6.45, 7) is 10.7. The fourth-order valence-corrected chi connectivity index (χ4v) is 6.06. The lowest BCUT2D eigenvalue weighted by atomic mass is 9.90. The van der Waals surface area contributed by atoms with E-state index in [1.807, 2.05) is 19.2 Å². The molecule has 7 aromatic rings. The molecule has 3 aromatic heterocycles. The number of hydrogen-bond acceptors (Lipinski definition) is 3. The van der Waals surface area contributed by atoms with E-state index in [0.29, 0.717) is 5.71 Å². The topological polar surface area (TPSA) is 38.9 Å². The number of pyridine rings is 2. The van der Waals surface area contributed by atoms with Gasteiger partial charge in [0, 0.05) is 28.2 Å². The van der Waals surface area contributed by atoms with Crippen molar-refractivity contribution in [3.63, 3.8) is 0 Å². The van der Waals surface area contributed by atoms with Gasteiger partial charge in [0.1, 0.15) is 5.58 Å². The van der Waals surface area contributed by atoms with Crippen molar-refractivity contribution in [2.24, 2.45) is 0 Å². The Balaban J connectivity index is 1.36. The van der Waals surface area contributed by atoms with Gasteiger partial charge in [0.2, 0.25) is 5.71 Å². The summed E-state index contributed by atoms with van der Waals surface area (Å²) in [7, 11) is 0. The van der Waals surface area contributed by atoms with Gasteiger partial charge in [-0.15, -0.1) is 0 Å². The van der Waals surface area contributed by atoms with Gasteiger partial charge < -0.3 is 4.42 Å². The molecule has 4 aromatic carbocycles. The number of hydrogen-bond donors (Lipinski definition) is 0. The molecule has 7 rings (SSSR count). The van der Waals surface area contributed by atoms with Gasteiger partial charge in [0.15, 0.2) is 0 Å². The maximum atomic E-state index is 6.29. The van der Waals surface area contributed by atoms with Crippen molar-refractivity contribution in [3.8, 4) is 33.5 Å². The second-order valence-electron chi connectivity index (χ2n) is 11.0. The van der Waals surface area contributed by atoms with Crippen LogP contribution >= 0.6 is 0 Å². The van der Waals surface area contributed by atoms with Gasteiger partial charge in [-0.05, 0) is 126 Å². The molecule has 0 aliphatic rings. The minimum Gasteiger partial charge on any atom is -0.437 e. The molecule has 3 nitrogen and oxygen atoms in total. The zero-order chi connectivity index (χ0) is 27.5. The third-order valence-corrected chi connectivity index (χ3v) is 8.13. The predicted octanol–water partition coefficient (Wildman–Crippen LogP) is 10.1. The number of rotatable bonds is 3. The molecular formula is C37H30N2O. The Morgan fingerprint density at radius 3 is 2.17 bits per heavy atom. The minimum atomic E-state index is 0.667. The third kappa shape index (κ3) is 3.89. The summed E-state index contributed by atoms with van der Waals surface area (Å²) in [6.07, 6.45) is 1.97. The highest BCUT2D eigenvalue weighted by Gasteiger charge is 2.16. The highest BCUT2D eigenvalue weighted by atomic mass is 16.3. The van der Waals surface area contributed by atoms with E-state index < -0.39 is 0 Å².